The Balaban J connectivity index is 3.21. The molecule has 0 bridgehead atoms. The molecular weight excluding hydrogens is 213 g/mol. The third kappa shape index (κ3) is 2.37. The second kappa shape index (κ2) is 4.50. The molecule has 0 aliphatic carbocycles. The summed E-state index contributed by atoms with van der Waals surface area (Å²) >= 11 is 11.3. The van der Waals surface area contributed by atoms with Gasteiger partial charge in [-0.15, -0.1) is 0 Å². The van der Waals surface area contributed by atoms with Crippen LogP contribution >= 0.6 is 23.2 Å². The molecule has 0 amide bonds. The molecule has 0 saturated carbocycles. The molecule has 0 aliphatic rings. The third-order valence-electron chi connectivity index (χ3n) is 1.43. The molecule has 0 saturated heterocycles. The highest BCUT2D eigenvalue weighted by molar-refractivity contribution is 6.32. The predicted molar refractivity (Wildman–Crippen MR) is 50.2 cm³/mol. The van der Waals surface area contributed by atoms with Crippen LogP contribution in [0, 0.1) is 0 Å². The fourth-order valence-electron chi connectivity index (χ4n) is 0.884. The first-order valence-corrected chi connectivity index (χ1v) is 4.26. The number of aromatic nitrogens is 2. The number of aldehydes is 1. The Morgan fingerprint density at radius 1 is 1.46 bits per heavy atom. The van der Waals surface area contributed by atoms with Gasteiger partial charge in [-0.05, 0) is 18.6 Å². The smallest absolute Gasteiger partial charge is 0.224 e. The lowest BCUT2D eigenvalue weighted by molar-refractivity contribution is 0.111. The van der Waals surface area contributed by atoms with Crippen molar-refractivity contribution in [2.75, 3.05) is 7.05 Å². The fourth-order valence-corrected chi connectivity index (χ4v) is 1.35. The molecule has 1 heterocycles. The Bertz CT molecular complexity index is 330. The number of hydrogen-bond acceptors (Lipinski definition) is 4. The van der Waals surface area contributed by atoms with Crippen molar-refractivity contribution in [2.45, 2.75) is 6.54 Å². The standard InChI is InChI=1S/C7H7Cl2N3O/c1-10-2-4-5(3-13)11-7(9)12-6(4)8/h3,10H,2H2,1H3. The van der Waals surface area contributed by atoms with Crippen LogP contribution in [0.15, 0.2) is 0 Å². The van der Waals surface area contributed by atoms with E-state index in [1.165, 1.54) is 0 Å². The summed E-state index contributed by atoms with van der Waals surface area (Å²) in [5, 5.41) is 3.04. The predicted octanol–water partition coefficient (Wildman–Crippen LogP) is 1.32. The quantitative estimate of drug-likeness (QED) is 0.474. The SMILES string of the molecule is CNCc1c(Cl)nc(Cl)nc1C=O. The molecular formula is C7H7Cl2N3O. The van der Waals surface area contributed by atoms with Gasteiger partial charge in [-0.1, -0.05) is 11.6 Å². The largest absolute Gasteiger partial charge is 0.315 e. The molecule has 4 nitrogen and oxygen atoms in total. The summed E-state index contributed by atoms with van der Waals surface area (Å²) in [6.07, 6.45) is 0.603. The average Bonchev–Trinajstić information content (AvgIpc) is 2.09. The number of halogens is 2. The maximum atomic E-state index is 10.6. The molecule has 70 valence electrons. The van der Waals surface area contributed by atoms with Gasteiger partial charge in [0.15, 0.2) is 6.29 Å². The lowest BCUT2D eigenvalue weighted by atomic mass is 10.2. The molecule has 1 aromatic rings. The molecule has 0 atom stereocenters. The van der Waals surface area contributed by atoms with E-state index >= 15 is 0 Å². The van der Waals surface area contributed by atoms with E-state index in [9.17, 15) is 4.79 Å². The van der Waals surface area contributed by atoms with Crippen molar-refractivity contribution in [3.05, 3.63) is 21.7 Å². The first-order valence-electron chi connectivity index (χ1n) is 3.50. The molecule has 0 unspecified atom stereocenters. The van der Waals surface area contributed by atoms with Gasteiger partial charge in [0, 0.05) is 12.1 Å². The van der Waals surface area contributed by atoms with Crippen molar-refractivity contribution in [1.29, 1.82) is 0 Å². The van der Waals surface area contributed by atoms with Crippen LogP contribution in [0.25, 0.3) is 0 Å². The van der Waals surface area contributed by atoms with Gasteiger partial charge < -0.3 is 5.32 Å². The Kier molecular flexibility index (Phi) is 3.59. The molecule has 1 rings (SSSR count). The van der Waals surface area contributed by atoms with Crippen molar-refractivity contribution in [2.24, 2.45) is 0 Å². The van der Waals surface area contributed by atoms with Crippen LogP contribution in [0.3, 0.4) is 0 Å². The molecule has 0 spiro atoms. The highest BCUT2D eigenvalue weighted by Gasteiger charge is 2.10. The highest BCUT2D eigenvalue weighted by atomic mass is 35.5. The van der Waals surface area contributed by atoms with Gasteiger partial charge in [-0.3, -0.25) is 4.79 Å². The summed E-state index contributed by atoms with van der Waals surface area (Å²) in [5.41, 5.74) is 0.780. The van der Waals surface area contributed by atoms with E-state index in [-0.39, 0.29) is 16.1 Å². The topological polar surface area (TPSA) is 54.9 Å². The lowest BCUT2D eigenvalue weighted by Crippen LogP contribution is -2.10. The van der Waals surface area contributed by atoms with Gasteiger partial charge in [-0.25, -0.2) is 9.97 Å². The van der Waals surface area contributed by atoms with Crippen LogP contribution in [0.1, 0.15) is 16.1 Å². The second-order valence-corrected chi connectivity index (χ2v) is 2.99. The van der Waals surface area contributed by atoms with Gasteiger partial charge in [0.2, 0.25) is 5.28 Å². The molecule has 1 aromatic heterocycles. The fraction of sp³-hybridized carbons (Fsp3) is 0.286. The van der Waals surface area contributed by atoms with Crippen LogP contribution in [-0.4, -0.2) is 23.3 Å². The molecule has 0 radical (unpaired) electrons. The number of carbonyl (C=O) groups is 1. The van der Waals surface area contributed by atoms with Gasteiger partial charge >= 0.3 is 0 Å². The number of nitrogens with zero attached hydrogens (tertiary/aromatic N) is 2. The Morgan fingerprint density at radius 2 is 2.15 bits per heavy atom. The van der Waals surface area contributed by atoms with Crippen molar-refractivity contribution < 1.29 is 4.79 Å². The zero-order valence-electron chi connectivity index (χ0n) is 6.84. The van der Waals surface area contributed by atoms with Gasteiger partial charge in [-0.2, -0.15) is 0 Å². The summed E-state index contributed by atoms with van der Waals surface area (Å²) in [6.45, 7) is 0.435. The van der Waals surface area contributed by atoms with Crippen molar-refractivity contribution in [3.63, 3.8) is 0 Å². The summed E-state index contributed by atoms with van der Waals surface area (Å²) in [5.74, 6) is 0. The van der Waals surface area contributed by atoms with Gasteiger partial charge in [0.25, 0.3) is 0 Å². The first-order chi connectivity index (χ1) is 6.19. The van der Waals surface area contributed by atoms with E-state index in [0.717, 1.165) is 0 Å². The summed E-state index contributed by atoms with van der Waals surface area (Å²) in [6, 6.07) is 0. The zero-order valence-corrected chi connectivity index (χ0v) is 8.35. The first kappa shape index (κ1) is 10.4. The van der Waals surface area contributed by atoms with E-state index in [0.29, 0.717) is 18.4 Å². The average molecular weight is 220 g/mol. The van der Waals surface area contributed by atoms with Crippen LogP contribution in [0.4, 0.5) is 0 Å². The maximum absolute atomic E-state index is 10.6. The Morgan fingerprint density at radius 3 is 2.69 bits per heavy atom. The lowest BCUT2D eigenvalue weighted by Gasteiger charge is -2.04. The minimum atomic E-state index is -0.0213. The maximum Gasteiger partial charge on any atom is 0.224 e. The van der Waals surface area contributed by atoms with E-state index < -0.39 is 0 Å². The van der Waals surface area contributed by atoms with Gasteiger partial charge in [0.05, 0.1) is 0 Å². The number of carbonyl (C=O) groups excluding carboxylic acids is 1. The molecule has 6 heteroatoms. The Hall–Kier alpha value is -0.710. The number of hydrogen-bond donors (Lipinski definition) is 1. The van der Waals surface area contributed by atoms with Crippen molar-refractivity contribution in [1.82, 2.24) is 15.3 Å². The monoisotopic (exact) mass is 219 g/mol. The summed E-state index contributed by atoms with van der Waals surface area (Å²) in [4.78, 5) is 18.0. The zero-order chi connectivity index (χ0) is 9.84. The minimum Gasteiger partial charge on any atom is -0.315 e. The van der Waals surface area contributed by atoms with Crippen LogP contribution in [0.2, 0.25) is 10.4 Å². The van der Waals surface area contributed by atoms with E-state index in [1.807, 2.05) is 0 Å². The molecule has 0 aliphatic heterocycles. The normalized spacial score (nSPS) is 10.1. The molecule has 0 aromatic carbocycles. The second-order valence-electron chi connectivity index (χ2n) is 2.30. The van der Waals surface area contributed by atoms with Crippen molar-refractivity contribution in [3.8, 4) is 0 Å². The number of nitrogens with one attached hydrogen (secondary N) is 1. The van der Waals surface area contributed by atoms with E-state index in [4.69, 9.17) is 23.2 Å². The van der Waals surface area contributed by atoms with Crippen LogP contribution < -0.4 is 5.32 Å². The molecule has 13 heavy (non-hydrogen) atoms. The summed E-state index contributed by atoms with van der Waals surface area (Å²) in [7, 11) is 1.74. The highest BCUT2D eigenvalue weighted by Crippen LogP contribution is 2.17. The van der Waals surface area contributed by atoms with E-state index in [1.54, 1.807) is 7.05 Å². The molecule has 1 N–H and O–H groups in total. The van der Waals surface area contributed by atoms with Crippen molar-refractivity contribution >= 4 is 29.5 Å². The number of rotatable bonds is 3. The third-order valence-corrected chi connectivity index (χ3v) is 1.91. The van der Waals surface area contributed by atoms with E-state index in [2.05, 4.69) is 15.3 Å². The molecule has 0 fully saturated rings. The Labute approximate surface area is 85.3 Å². The van der Waals surface area contributed by atoms with Crippen LogP contribution in [-0.2, 0) is 6.54 Å². The van der Waals surface area contributed by atoms with Gasteiger partial charge in [0.1, 0.15) is 10.8 Å². The minimum absolute atomic E-state index is 0.0213. The summed E-state index contributed by atoms with van der Waals surface area (Å²) < 4.78 is 0. The van der Waals surface area contributed by atoms with Crippen LogP contribution in [0.5, 0.6) is 0 Å².